The standard InChI is InChI=1S/C12H10BrFN2O3/c1-6-10(12(17)18)11(16(2)15-6)19-9-5-7(13)3-4-8(9)14/h3-5H,1-2H3,(H,17,18). The second-order valence-electron chi connectivity index (χ2n) is 3.87. The largest absolute Gasteiger partial charge is 0.477 e. The highest BCUT2D eigenvalue weighted by Crippen LogP contribution is 2.30. The lowest BCUT2D eigenvalue weighted by Gasteiger charge is -2.08. The molecular formula is C12H10BrFN2O3. The van der Waals surface area contributed by atoms with E-state index in [4.69, 9.17) is 9.84 Å². The van der Waals surface area contributed by atoms with Crippen LogP contribution in [0.15, 0.2) is 22.7 Å². The number of carboxylic acid groups (broad SMARTS) is 1. The SMILES string of the molecule is Cc1nn(C)c(Oc2cc(Br)ccc2F)c1C(=O)O. The summed E-state index contributed by atoms with van der Waals surface area (Å²) in [4.78, 5) is 11.2. The number of rotatable bonds is 3. The molecule has 5 nitrogen and oxygen atoms in total. The lowest BCUT2D eigenvalue weighted by molar-refractivity contribution is 0.0693. The van der Waals surface area contributed by atoms with Crippen LogP contribution in [0, 0.1) is 12.7 Å². The zero-order chi connectivity index (χ0) is 14.2. The fraction of sp³-hybridized carbons (Fsp3) is 0.167. The molecule has 1 aromatic heterocycles. The van der Waals surface area contributed by atoms with E-state index in [2.05, 4.69) is 21.0 Å². The van der Waals surface area contributed by atoms with Gasteiger partial charge in [0.1, 0.15) is 5.56 Å². The number of aromatic nitrogens is 2. The van der Waals surface area contributed by atoms with Crippen molar-refractivity contribution in [1.29, 1.82) is 0 Å². The lowest BCUT2D eigenvalue weighted by Crippen LogP contribution is -2.02. The molecule has 0 saturated heterocycles. The van der Waals surface area contributed by atoms with E-state index in [9.17, 15) is 9.18 Å². The fourth-order valence-corrected chi connectivity index (χ4v) is 2.00. The van der Waals surface area contributed by atoms with E-state index in [1.54, 1.807) is 6.92 Å². The predicted octanol–water partition coefficient (Wildman–Crippen LogP) is 3.12. The van der Waals surface area contributed by atoms with Gasteiger partial charge in [0.15, 0.2) is 11.6 Å². The van der Waals surface area contributed by atoms with Crippen LogP contribution in [-0.2, 0) is 7.05 Å². The van der Waals surface area contributed by atoms with Gasteiger partial charge < -0.3 is 9.84 Å². The molecule has 0 amide bonds. The minimum absolute atomic E-state index is 0.0120. The summed E-state index contributed by atoms with van der Waals surface area (Å²) in [6.45, 7) is 1.55. The van der Waals surface area contributed by atoms with E-state index in [1.165, 1.54) is 29.9 Å². The molecule has 0 bridgehead atoms. The van der Waals surface area contributed by atoms with Crippen LogP contribution in [0.25, 0.3) is 0 Å². The van der Waals surface area contributed by atoms with Gasteiger partial charge in [0.25, 0.3) is 0 Å². The third-order valence-corrected chi connectivity index (χ3v) is 2.98. The van der Waals surface area contributed by atoms with Crippen LogP contribution in [0.5, 0.6) is 11.6 Å². The fourth-order valence-electron chi connectivity index (χ4n) is 1.66. The zero-order valence-corrected chi connectivity index (χ0v) is 11.7. The first-order valence-corrected chi connectivity index (χ1v) is 6.09. The van der Waals surface area contributed by atoms with E-state index < -0.39 is 11.8 Å². The second-order valence-corrected chi connectivity index (χ2v) is 4.79. The van der Waals surface area contributed by atoms with E-state index in [0.717, 1.165) is 0 Å². The summed E-state index contributed by atoms with van der Waals surface area (Å²) in [5.41, 5.74) is 0.224. The maximum absolute atomic E-state index is 13.6. The minimum Gasteiger partial charge on any atom is -0.477 e. The number of carbonyl (C=O) groups is 1. The molecule has 7 heteroatoms. The Kier molecular flexibility index (Phi) is 3.57. The number of hydrogen-bond donors (Lipinski definition) is 1. The van der Waals surface area contributed by atoms with E-state index in [-0.39, 0.29) is 17.2 Å². The van der Waals surface area contributed by atoms with Crippen molar-refractivity contribution in [1.82, 2.24) is 9.78 Å². The first-order chi connectivity index (χ1) is 8.90. The zero-order valence-electron chi connectivity index (χ0n) is 10.1. The van der Waals surface area contributed by atoms with Crippen molar-refractivity contribution in [3.63, 3.8) is 0 Å². The van der Waals surface area contributed by atoms with Crippen molar-refractivity contribution in [2.24, 2.45) is 7.05 Å². The number of ether oxygens (including phenoxy) is 1. The molecule has 0 spiro atoms. The van der Waals surface area contributed by atoms with Crippen LogP contribution in [0.2, 0.25) is 0 Å². The van der Waals surface area contributed by atoms with Gasteiger partial charge in [-0.15, -0.1) is 0 Å². The summed E-state index contributed by atoms with van der Waals surface area (Å²) in [5.74, 6) is -1.84. The Hall–Kier alpha value is -1.89. The summed E-state index contributed by atoms with van der Waals surface area (Å²) in [6, 6.07) is 4.17. The van der Waals surface area contributed by atoms with Crippen LogP contribution in [0.1, 0.15) is 16.1 Å². The smallest absolute Gasteiger partial charge is 0.343 e. The monoisotopic (exact) mass is 328 g/mol. The number of aryl methyl sites for hydroxylation is 2. The Labute approximate surface area is 116 Å². The van der Waals surface area contributed by atoms with E-state index >= 15 is 0 Å². The molecule has 0 aliphatic heterocycles. The quantitative estimate of drug-likeness (QED) is 0.940. The van der Waals surface area contributed by atoms with Crippen molar-refractivity contribution in [3.8, 4) is 11.6 Å². The maximum Gasteiger partial charge on any atom is 0.343 e. The summed E-state index contributed by atoms with van der Waals surface area (Å²) in [7, 11) is 1.53. The Morgan fingerprint density at radius 3 is 2.84 bits per heavy atom. The summed E-state index contributed by atoms with van der Waals surface area (Å²) in [6.07, 6.45) is 0. The average molecular weight is 329 g/mol. The normalized spacial score (nSPS) is 10.5. The molecule has 2 aromatic rings. The Morgan fingerprint density at radius 1 is 1.53 bits per heavy atom. The Morgan fingerprint density at radius 2 is 2.21 bits per heavy atom. The van der Waals surface area contributed by atoms with Crippen LogP contribution >= 0.6 is 15.9 Å². The summed E-state index contributed by atoms with van der Waals surface area (Å²) < 4.78 is 20.8. The Bertz CT molecular complexity index is 655. The van der Waals surface area contributed by atoms with Crippen LogP contribution in [-0.4, -0.2) is 20.9 Å². The first kappa shape index (κ1) is 13.5. The van der Waals surface area contributed by atoms with Gasteiger partial charge in [-0.1, -0.05) is 15.9 Å². The van der Waals surface area contributed by atoms with Gasteiger partial charge in [-0.25, -0.2) is 13.9 Å². The topological polar surface area (TPSA) is 64.4 Å². The molecule has 0 saturated carbocycles. The predicted molar refractivity (Wildman–Crippen MR) is 69.1 cm³/mol. The van der Waals surface area contributed by atoms with Gasteiger partial charge >= 0.3 is 5.97 Å². The molecule has 0 atom stereocenters. The van der Waals surface area contributed by atoms with Gasteiger partial charge in [0, 0.05) is 11.5 Å². The van der Waals surface area contributed by atoms with Crippen LogP contribution in [0.4, 0.5) is 4.39 Å². The van der Waals surface area contributed by atoms with Crippen molar-refractivity contribution >= 4 is 21.9 Å². The van der Waals surface area contributed by atoms with Gasteiger partial charge in [0.05, 0.1) is 5.69 Å². The Balaban J connectivity index is 2.49. The number of aromatic carboxylic acids is 1. The molecule has 0 radical (unpaired) electrons. The highest BCUT2D eigenvalue weighted by molar-refractivity contribution is 9.10. The molecular weight excluding hydrogens is 319 g/mol. The molecule has 0 aliphatic rings. The third kappa shape index (κ3) is 2.60. The minimum atomic E-state index is -1.17. The lowest BCUT2D eigenvalue weighted by atomic mass is 10.2. The van der Waals surface area contributed by atoms with Crippen LogP contribution < -0.4 is 4.74 Å². The molecule has 0 aliphatic carbocycles. The highest BCUT2D eigenvalue weighted by atomic mass is 79.9. The molecule has 1 heterocycles. The number of halogens is 2. The molecule has 0 fully saturated rings. The van der Waals surface area contributed by atoms with Gasteiger partial charge in [-0.2, -0.15) is 5.10 Å². The molecule has 1 N–H and O–H groups in total. The molecule has 19 heavy (non-hydrogen) atoms. The van der Waals surface area contributed by atoms with Gasteiger partial charge in [0.2, 0.25) is 5.88 Å². The highest BCUT2D eigenvalue weighted by Gasteiger charge is 2.22. The number of carboxylic acids is 1. The number of benzene rings is 1. The van der Waals surface area contributed by atoms with Crippen molar-refractivity contribution < 1.29 is 19.0 Å². The number of nitrogens with zero attached hydrogens (tertiary/aromatic N) is 2. The molecule has 2 rings (SSSR count). The van der Waals surface area contributed by atoms with E-state index in [0.29, 0.717) is 10.2 Å². The summed E-state index contributed by atoms with van der Waals surface area (Å²) >= 11 is 3.20. The van der Waals surface area contributed by atoms with Crippen molar-refractivity contribution in [2.45, 2.75) is 6.92 Å². The third-order valence-electron chi connectivity index (χ3n) is 2.48. The molecule has 100 valence electrons. The summed E-state index contributed by atoms with van der Waals surface area (Å²) in [5, 5.41) is 13.1. The maximum atomic E-state index is 13.6. The first-order valence-electron chi connectivity index (χ1n) is 5.30. The van der Waals surface area contributed by atoms with Crippen molar-refractivity contribution in [2.75, 3.05) is 0 Å². The van der Waals surface area contributed by atoms with E-state index in [1.807, 2.05) is 0 Å². The molecule has 1 aromatic carbocycles. The number of hydrogen-bond acceptors (Lipinski definition) is 3. The van der Waals surface area contributed by atoms with Crippen molar-refractivity contribution in [3.05, 3.63) is 39.7 Å². The van der Waals surface area contributed by atoms with Gasteiger partial charge in [-0.3, -0.25) is 0 Å². The van der Waals surface area contributed by atoms with Gasteiger partial charge in [-0.05, 0) is 25.1 Å². The average Bonchev–Trinajstić information content (AvgIpc) is 2.59. The molecule has 0 unspecified atom stereocenters. The van der Waals surface area contributed by atoms with Crippen LogP contribution in [0.3, 0.4) is 0 Å². The second kappa shape index (κ2) is 5.00.